The molecular weight excluding hydrogens is 516 g/mol. The van der Waals surface area contributed by atoms with Gasteiger partial charge in [-0.25, -0.2) is 22.3 Å². The summed E-state index contributed by atoms with van der Waals surface area (Å²) in [6, 6.07) is 7.73. The Morgan fingerprint density at radius 2 is 1.81 bits per heavy atom. The number of nitrogens with zero attached hydrogens (tertiary/aromatic N) is 1. The number of benzene rings is 1. The van der Waals surface area contributed by atoms with Gasteiger partial charge in [0.2, 0.25) is 10.0 Å². The fourth-order valence-electron chi connectivity index (χ4n) is 5.24. The minimum Gasteiger partial charge on any atom is -0.480 e. The summed E-state index contributed by atoms with van der Waals surface area (Å²) in [4.78, 5) is 23.3. The Kier molecular flexibility index (Phi) is 8.76. The van der Waals surface area contributed by atoms with E-state index in [0.29, 0.717) is 36.4 Å². The first-order chi connectivity index (χ1) is 17.6. The molecule has 1 aliphatic heterocycles. The molecule has 0 unspecified atom stereocenters. The molecular formula is C26H34N2O7S2. The van der Waals surface area contributed by atoms with Crippen LogP contribution in [0, 0.1) is 12.8 Å². The van der Waals surface area contributed by atoms with Gasteiger partial charge in [0.05, 0.1) is 5.75 Å². The molecule has 0 bridgehead atoms. The van der Waals surface area contributed by atoms with E-state index in [1.807, 2.05) is 24.3 Å². The van der Waals surface area contributed by atoms with Crippen LogP contribution < -0.4 is 10.1 Å². The first kappa shape index (κ1) is 27.4. The van der Waals surface area contributed by atoms with Crippen LogP contribution in [0.1, 0.15) is 60.2 Å². The second-order valence-electron chi connectivity index (χ2n) is 9.88. The lowest BCUT2D eigenvalue weighted by molar-refractivity contribution is -0.139. The zero-order valence-corrected chi connectivity index (χ0v) is 22.6. The van der Waals surface area contributed by atoms with Gasteiger partial charge in [0.15, 0.2) is 11.5 Å². The molecule has 2 fully saturated rings. The third kappa shape index (κ3) is 6.82. The minimum absolute atomic E-state index is 0.0334. The van der Waals surface area contributed by atoms with Crippen LogP contribution in [0.3, 0.4) is 0 Å². The lowest BCUT2D eigenvalue weighted by atomic mass is 9.91. The van der Waals surface area contributed by atoms with E-state index in [0.717, 1.165) is 48.3 Å². The summed E-state index contributed by atoms with van der Waals surface area (Å²) in [5.41, 5.74) is 2.24. The summed E-state index contributed by atoms with van der Waals surface area (Å²) in [6.07, 6.45) is 6.91. The Hall–Kier alpha value is -2.63. The van der Waals surface area contributed by atoms with Crippen molar-refractivity contribution in [3.63, 3.8) is 0 Å². The second kappa shape index (κ2) is 11.8. The van der Waals surface area contributed by atoms with Crippen molar-refractivity contribution in [3.05, 3.63) is 34.7 Å². The summed E-state index contributed by atoms with van der Waals surface area (Å²) in [6.45, 7) is 2.11. The molecule has 0 atom stereocenters. The summed E-state index contributed by atoms with van der Waals surface area (Å²) in [5, 5.41) is 22.0. The van der Waals surface area contributed by atoms with Crippen LogP contribution in [0.25, 0.3) is 10.4 Å². The van der Waals surface area contributed by atoms with Gasteiger partial charge in [-0.2, -0.15) is 0 Å². The van der Waals surface area contributed by atoms with Gasteiger partial charge in [0, 0.05) is 35.3 Å². The standard InChI is InChI=1S/C26H34N2O7S2/c1-17-23(35-15-22(29)30)25(26(31)32)36-24(17)19-8-5-9-21(14-19)27-20-10-12-28(13-11-20)37(33,34)16-18-6-3-2-4-7-18/h5,8-9,14,18,20,27H,2-4,6-7,10-13,15-16H2,1H3,(H,29,30)(H,31,32). The van der Waals surface area contributed by atoms with Crippen LogP contribution >= 0.6 is 11.3 Å². The van der Waals surface area contributed by atoms with Gasteiger partial charge >= 0.3 is 11.9 Å². The summed E-state index contributed by atoms with van der Waals surface area (Å²) >= 11 is 1.05. The molecule has 0 radical (unpaired) electrons. The molecule has 9 nitrogen and oxygen atoms in total. The molecule has 2 aliphatic rings. The third-order valence-electron chi connectivity index (χ3n) is 7.14. The molecule has 4 rings (SSSR count). The number of ether oxygens (including phenoxy) is 1. The predicted molar refractivity (Wildman–Crippen MR) is 143 cm³/mol. The van der Waals surface area contributed by atoms with Crippen molar-refractivity contribution in [3.8, 4) is 16.2 Å². The van der Waals surface area contributed by atoms with Gasteiger partial charge in [0.1, 0.15) is 5.75 Å². The van der Waals surface area contributed by atoms with Crippen molar-refractivity contribution < 1.29 is 33.0 Å². The molecule has 1 saturated heterocycles. The zero-order chi connectivity index (χ0) is 26.6. The number of carbonyl (C=O) groups is 2. The van der Waals surface area contributed by atoms with Crippen molar-refractivity contribution in [1.29, 1.82) is 0 Å². The van der Waals surface area contributed by atoms with Crippen LogP contribution in [0.4, 0.5) is 5.69 Å². The lowest BCUT2D eigenvalue weighted by Gasteiger charge is -2.33. The molecule has 0 amide bonds. The number of aliphatic carboxylic acids is 1. The molecule has 1 saturated carbocycles. The van der Waals surface area contributed by atoms with Gasteiger partial charge in [-0.05, 0) is 56.2 Å². The van der Waals surface area contributed by atoms with Crippen molar-refractivity contribution in [2.75, 3.05) is 30.8 Å². The third-order valence-corrected chi connectivity index (χ3v) is 10.5. The number of carboxylic acid groups (broad SMARTS) is 2. The normalized spacial score (nSPS) is 18.0. The first-order valence-electron chi connectivity index (χ1n) is 12.7. The highest BCUT2D eigenvalue weighted by atomic mass is 32.2. The molecule has 0 spiro atoms. The Balaban J connectivity index is 1.40. The highest BCUT2D eigenvalue weighted by Gasteiger charge is 2.31. The molecule has 1 aromatic heterocycles. The van der Waals surface area contributed by atoms with Gasteiger partial charge in [-0.15, -0.1) is 11.3 Å². The maximum absolute atomic E-state index is 12.9. The molecule has 1 aliphatic carbocycles. The maximum atomic E-state index is 12.9. The summed E-state index contributed by atoms with van der Waals surface area (Å²) in [7, 11) is -3.24. The Bertz CT molecular complexity index is 1230. The number of piperidine rings is 1. The number of anilines is 1. The van der Waals surface area contributed by atoms with E-state index >= 15 is 0 Å². The Morgan fingerprint density at radius 1 is 1.11 bits per heavy atom. The summed E-state index contributed by atoms with van der Waals surface area (Å²) in [5.74, 6) is -1.71. The van der Waals surface area contributed by atoms with Crippen LogP contribution in [-0.4, -0.2) is 66.4 Å². The highest BCUT2D eigenvalue weighted by Crippen LogP contribution is 2.42. The fourth-order valence-corrected chi connectivity index (χ4v) is 8.24. The van der Waals surface area contributed by atoms with Crippen molar-refractivity contribution >= 4 is 39.0 Å². The number of thiophene rings is 1. The van der Waals surface area contributed by atoms with Crippen molar-refractivity contribution in [1.82, 2.24) is 4.31 Å². The van der Waals surface area contributed by atoms with Crippen LogP contribution in [-0.2, 0) is 14.8 Å². The monoisotopic (exact) mass is 550 g/mol. The molecule has 3 N–H and O–H groups in total. The molecule has 11 heteroatoms. The largest absolute Gasteiger partial charge is 0.480 e. The van der Waals surface area contributed by atoms with E-state index < -0.39 is 28.6 Å². The predicted octanol–water partition coefficient (Wildman–Crippen LogP) is 4.67. The van der Waals surface area contributed by atoms with Crippen molar-refractivity contribution in [2.24, 2.45) is 5.92 Å². The van der Waals surface area contributed by atoms with Crippen LogP contribution in [0.2, 0.25) is 0 Å². The van der Waals surface area contributed by atoms with Crippen molar-refractivity contribution in [2.45, 2.75) is 57.9 Å². The number of sulfonamides is 1. The van der Waals surface area contributed by atoms with Crippen LogP contribution in [0.15, 0.2) is 24.3 Å². The summed E-state index contributed by atoms with van der Waals surface area (Å²) < 4.78 is 32.8. The van der Waals surface area contributed by atoms with Gasteiger partial charge in [-0.1, -0.05) is 31.4 Å². The molecule has 2 aromatic rings. The average Bonchev–Trinajstić information content (AvgIpc) is 3.20. The topological polar surface area (TPSA) is 133 Å². The molecule has 202 valence electrons. The zero-order valence-electron chi connectivity index (χ0n) is 20.9. The quantitative estimate of drug-likeness (QED) is 0.389. The van der Waals surface area contributed by atoms with E-state index in [1.54, 1.807) is 11.2 Å². The highest BCUT2D eigenvalue weighted by molar-refractivity contribution is 7.89. The molecule has 37 heavy (non-hydrogen) atoms. The maximum Gasteiger partial charge on any atom is 0.349 e. The van der Waals surface area contributed by atoms with Gasteiger partial charge in [-0.3, -0.25) is 0 Å². The smallest absolute Gasteiger partial charge is 0.349 e. The molecule has 1 aromatic carbocycles. The lowest BCUT2D eigenvalue weighted by Crippen LogP contribution is -2.44. The second-order valence-corrected chi connectivity index (χ2v) is 12.9. The van der Waals surface area contributed by atoms with Gasteiger partial charge in [0.25, 0.3) is 0 Å². The van der Waals surface area contributed by atoms with E-state index in [1.165, 1.54) is 6.42 Å². The molecule has 2 heterocycles. The SMILES string of the molecule is Cc1c(-c2cccc(NC3CCN(S(=O)(=O)CC4CCCCC4)CC3)c2)sc(C(=O)O)c1OCC(=O)O. The minimum atomic E-state index is -3.24. The fraction of sp³-hybridized carbons (Fsp3) is 0.538. The number of hydrogen-bond acceptors (Lipinski definition) is 7. The van der Waals surface area contributed by atoms with E-state index in [9.17, 15) is 23.1 Å². The number of hydrogen-bond donors (Lipinski definition) is 3. The number of rotatable bonds is 10. The van der Waals surface area contributed by atoms with E-state index in [2.05, 4.69) is 5.32 Å². The first-order valence-corrected chi connectivity index (χ1v) is 15.1. The number of nitrogens with one attached hydrogen (secondary N) is 1. The Morgan fingerprint density at radius 3 is 2.46 bits per heavy atom. The van der Waals surface area contributed by atoms with E-state index in [-0.39, 0.29) is 28.3 Å². The van der Waals surface area contributed by atoms with E-state index in [4.69, 9.17) is 9.84 Å². The average molecular weight is 551 g/mol. The number of carboxylic acids is 2. The van der Waals surface area contributed by atoms with Gasteiger partial charge < -0.3 is 20.3 Å². The van der Waals surface area contributed by atoms with Crippen LogP contribution in [0.5, 0.6) is 5.75 Å². The Labute approximate surface area is 221 Å². The number of aromatic carboxylic acids is 1.